The van der Waals surface area contributed by atoms with Gasteiger partial charge in [0.15, 0.2) is 0 Å². The molecule has 0 unspecified atom stereocenters. The molecule has 0 saturated carbocycles. The van der Waals surface area contributed by atoms with Crippen LogP contribution in [0.5, 0.6) is 0 Å². The molecule has 1 aliphatic rings. The van der Waals surface area contributed by atoms with Gasteiger partial charge in [0.05, 0.1) is 0 Å². The van der Waals surface area contributed by atoms with Crippen LogP contribution < -0.4 is 10.9 Å². The van der Waals surface area contributed by atoms with E-state index in [9.17, 15) is 14.4 Å². The monoisotopic (exact) mass is 376 g/mol. The molecule has 0 aromatic carbocycles. The molecular weight excluding hydrogens is 344 g/mol. The van der Waals surface area contributed by atoms with Crippen molar-refractivity contribution in [1.82, 2.24) is 19.7 Å². The van der Waals surface area contributed by atoms with Gasteiger partial charge in [-0.2, -0.15) is 0 Å². The molecular formula is C20H32N4O3. The fourth-order valence-electron chi connectivity index (χ4n) is 3.75. The van der Waals surface area contributed by atoms with Crippen LogP contribution in [0.1, 0.15) is 47.8 Å². The van der Waals surface area contributed by atoms with Crippen LogP contribution in [0.2, 0.25) is 0 Å². The van der Waals surface area contributed by atoms with Crippen LogP contribution in [0.15, 0.2) is 10.9 Å². The van der Waals surface area contributed by atoms with Gasteiger partial charge in [-0.3, -0.25) is 14.4 Å². The Morgan fingerprint density at radius 3 is 2.63 bits per heavy atom. The first kappa shape index (κ1) is 21.2. The first-order chi connectivity index (χ1) is 12.8. The van der Waals surface area contributed by atoms with Gasteiger partial charge < -0.3 is 19.7 Å². The van der Waals surface area contributed by atoms with E-state index in [1.807, 2.05) is 38.9 Å². The predicted octanol–water partition coefficient (Wildman–Crippen LogP) is 1.16. The molecule has 0 bridgehead atoms. The van der Waals surface area contributed by atoms with E-state index >= 15 is 0 Å². The molecule has 0 spiro atoms. The van der Waals surface area contributed by atoms with Crippen LogP contribution >= 0.6 is 0 Å². The number of carbonyl (C=O) groups excluding carboxylic acids is 2. The molecule has 1 saturated heterocycles. The van der Waals surface area contributed by atoms with E-state index in [1.54, 1.807) is 11.5 Å². The van der Waals surface area contributed by atoms with E-state index < -0.39 is 0 Å². The third kappa shape index (κ3) is 4.97. The zero-order chi connectivity index (χ0) is 20.1. The van der Waals surface area contributed by atoms with Crippen LogP contribution in [0.3, 0.4) is 0 Å². The molecule has 1 atom stereocenters. The van der Waals surface area contributed by atoms with Crippen LogP contribution in [-0.2, 0) is 11.3 Å². The minimum atomic E-state index is -0.330. The highest BCUT2D eigenvalue weighted by atomic mass is 16.2. The number of aromatic nitrogens is 1. The average molecular weight is 377 g/mol. The lowest BCUT2D eigenvalue weighted by atomic mass is 10.1. The minimum absolute atomic E-state index is 0.157. The van der Waals surface area contributed by atoms with Gasteiger partial charge in [0.25, 0.3) is 11.5 Å². The third-order valence-corrected chi connectivity index (χ3v) is 5.25. The molecule has 2 amide bonds. The molecule has 2 heterocycles. The highest BCUT2D eigenvalue weighted by Crippen LogP contribution is 2.20. The molecule has 1 aliphatic heterocycles. The largest absolute Gasteiger partial charge is 0.352 e. The van der Waals surface area contributed by atoms with Crippen molar-refractivity contribution >= 4 is 11.8 Å². The molecule has 1 aromatic rings. The summed E-state index contributed by atoms with van der Waals surface area (Å²) in [6, 6.07) is 2.03. The van der Waals surface area contributed by atoms with Crippen molar-refractivity contribution in [1.29, 1.82) is 0 Å². The van der Waals surface area contributed by atoms with E-state index in [0.29, 0.717) is 38.0 Å². The Bertz CT molecular complexity index is 754. The number of rotatable bonds is 8. The number of nitrogens with zero attached hydrogens (tertiary/aromatic N) is 3. The molecule has 1 aromatic heterocycles. The summed E-state index contributed by atoms with van der Waals surface area (Å²) in [5, 5.41) is 2.88. The quantitative estimate of drug-likeness (QED) is 0.739. The van der Waals surface area contributed by atoms with E-state index in [0.717, 1.165) is 18.7 Å². The van der Waals surface area contributed by atoms with Gasteiger partial charge in [-0.25, -0.2) is 0 Å². The Labute approximate surface area is 161 Å². The number of hydrogen-bond donors (Lipinski definition) is 1. The molecule has 0 radical (unpaired) electrons. The number of likely N-dealkylation sites (N-methyl/N-ethyl adjacent to an activating group) is 1. The number of pyridine rings is 1. The Kier molecular flexibility index (Phi) is 7.18. The average Bonchev–Trinajstić information content (AvgIpc) is 2.93. The summed E-state index contributed by atoms with van der Waals surface area (Å²) in [4.78, 5) is 41.2. The summed E-state index contributed by atoms with van der Waals surface area (Å²) in [6.07, 6.45) is 2.11. The minimum Gasteiger partial charge on any atom is -0.352 e. The lowest BCUT2D eigenvalue weighted by Gasteiger charge is -2.26. The smallest absolute Gasteiger partial charge is 0.263 e. The summed E-state index contributed by atoms with van der Waals surface area (Å²) < 4.78 is 1.61. The zero-order valence-electron chi connectivity index (χ0n) is 17.2. The number of carbonyl (C=O) groups is 2. The number of nitrogens with one attached hydrogen (secondary N) is 1. The summed E-state index contributed by atoms with van der Waals surface area (Å²) in [5.74, 6) is -0.141. The Hall–Kier alpha value is -2.15. The highest BCUT2D eigenvalue weighted by Gasteiger charge is 2.30. The van der Waals surface area contributed by atoms with Crippen molar-refractivity contribution in [2.45, 2.75) is 52.6 Å². The first-order valence-electron chi connectivity index (χ1n) is 9.69. The van der Waals surface area contributed by atoms with Crippen LogP contribution in [0.25, 0.3) is 0 Å². The van der Waals surface area contributed by atoms with Crippen molar-refractivity contribution in [3.8, 4) is 0 Å². The second-order valence-corrected chi connectivity index (χ2v) is 7.52. The molecule has 27 heavy (non-hydrogen) atoms. The second kappa shape index (κ2) is 9.17. The van der Waals surface area contributed by atoms with Gasteiger partial charge in [0.2, 0.25) is 5.91 Å². The highest BCUT2D eigenvalue weighted by molar-refractivity contribution is 5.95. The van der Waals surface area contributed by atoms with E-state index in [-0.39, 0.29) is 29.0 Å². The summed E-state index contributed by atoms with van der Waals surface area (Å²) in [6.45, 7) is 8.09. The van der Waals surface area contributed by atoms with E-state index in [1.165, 1.54) is 0 Å². The molecule has 0 aliphatic carbocycles. The van der Waals surface area contributed by atoms with Crippen molar-refractivity contribution in [2.75, 3.05) is 33.7 Å². The van der Waals surface area contributed by atoms with Crippen LogP contribution in [0.4, 0.5) is 0 Å². The topological polar surface area (TPSA) is 74.7 Å². The number of likely N-dealkylation sites (tertiary alicyclic amines) is 1. The van der Waals surface area contributed by atoms with Gasteiger partial charge in [0, 0.05) is 44.3 Å². The van der Waals surface area contributed by atoms with Crippen molar-refractivity contribution < 1.29 is 9.59 Å². The van der Waals surface area contributed by atoms with Crippen molar-refractivity contribution in [3.05, 3.63) is 33.2 Å². The predicted molar refractivity (Wildman–Crippen MR) is 106 cm³/mol. The van der Waals surface area contributed by atoms with E-state index in [2.05, 4.69) is 10.2 Å². The number of hydrogen-bond acceptors (Lipinski definition) is 4. The fourth-order valence-corrected chi connectivity index (χ4v) is 3.75. The maximum absolute atomic E-state index is 12.6. The van der Waals surface area contributed by atoms with Crippen molar-refractivity contribution in [3.63, 3.8) is 0 Å². The van der Waals surface area contributed by atoms with Crippen molar-refractivity contribution in [2.24, 2.45) is 0 Å². The Morgan fingerprint density at radius 1 is 1.30 bits per heavy atom. The second-order valence-electron chi connectivity index (χ2n) is 7.52. The van der Waals surface area contributed by atoms with Gasteiger partial charge >= 0.3 is 0 Å². The number of aryl methyl sites for hydroxylation is 2. The SMILES string of the molecule is CCn1c(C)cc(C)c(C(=O)NCC[C@@H]2CCC(=O)N2CCN(C)C)c1=O. The maximum Gasteiger partial charge on any atom is 0.263 e. The van der Waals surface area contributed by atoms with Crippen LogP contribution in [-0.4, -0.2) is 66.0 Å². The standard InChI is InChI=1S/C20H32N4O3/c1-6-23-15(3)13-14(2)18(20(23)27)19(26)21-10-9-16-7-8-17(25)24(16)12-11-22(4)5/h13,16H,6-12H2,1-5H3,(H,21,26)/t16-/m0/s1. The van der Waals surface area contributed by atoms with Gasteiger partial charge in [-0.05, 0) is 59.3 Å². The Morgan fingerprint density at radius 2 is 2.00 bits per heavy atom. The fraction of sp³-hybridized carbons (Fsp3) is 0.650. The lowest BCUT2D eigenvalue weighted by molar-refractivity contribution is -0.129. The van der Waals surface area contributed by atoms with Gasteiger partial charge in [0.1, 0.15) is 5.56 Å². The summed E-state index contributed by atoms with van der Waals surface area (Å²) in [7, 11) is 3.98. The number of amides is 2. The lowest BCUT2D eigenvalue weighted by Crippen LogP contribution is -2.40. The summed E-state index contributed by atoms with van der Waals surface area (Å²) in [5.41, 5.74) is 1.53. The van der Waals surface area contributed by atoms with Crippen LogP contribution in [0, 0.1) is 13.8 Å². The van der Waals surface area contributed by atoms with Gasteiger partial charge in [-0.15, -0.1) is 0 Å². The normalized spacial score (nSPS) is 17.0. The molecule has 1 fully saturated rings. The molecule has 150 valence electrons. The Balaban J connectivity index is 1.98. The zero-order valence-corrected chi connectivity index (χ0v) is 17.2. The third-order valence-electron chi connectivity index (χ3n) is 5.25. The van der Waals surface area contributed by atoms with Gasteiger partial charge in [-0.1, -0.05) is 0 Å². The molecule has 7 nitrogen and oxygen atoms in total. The first-order valence-corrected chi connectivity index (χ1v) is 9.69. The maximum atomic E-state index is 12.6. The molecule has 2 rings (SSSR count). The molecule has 1 N–H and O–H groups in total. The van der Waals surface area contributed by atoms with E-state index in [4.69, 9.17) is 0 Å². The summed E-state index contributed by atoms with van der Waals surface area (Å²) >= 11 is 0. The molecule has 7 heteroatoms.